The van der Waals surface area contributed by atoms with Gasteiger partial charge in [0.15, 0.2) is 10.4 Å². The molecule has 1 saturated heterocycles. The fourth-order valence-corrected chi connectivity index (χ4v) is 2.96. The van der Waals surface area contributed by atoms with E-state index in [4.69, 9.17) is 9.26 Å². The van der Waals surface area contributed by atoms with Crippen LogP contribution in [0.4, 0.5) is 0 Å². The van der Waals surface area contributed by atoms with E-state index in [2.05, 4.69) is 33.0 Å². The Morgan fingerprint density at radius 1 is 1.43 bits per heavy atom. The van der Waals surface area contributed by atoms with E-state index in [1.807, 2.05) is 24.3 Å². The zero-order chi connectivity index (χ0) is 14.8. The maximum absolute atomic E-state index is 12.3. The van der Waals surface area contributed by atoms with Gasteiger partial charge < -0.3 is 14.2 Å². The standard InChI is InChI=1S/C15H17BrN2O3/c1-18-8-6-10(7-9-18)20-15(19)13(16)14-11-4-2-3-5-12(11)21-17-14/h2-5,10,13H,6-9H2,1H3. The molecular weight excluding hydrogens is 336 g/mol. The third-order valence-corrected chi connectivity index (χ3v) is 4.61. The molecule has 0 amide bonds. The van der Waals surface area contributed by atoms with Gasteiger partial charge in [0, 0.05) is 18.5 Å². The van der Waals surface area contributed by atoms with E-state index < -0.39 is 4.83 Å². The van der Waals surface area contributed by atoms with Crippen LogP contribution in [0.2, 0.25) is 0 Å². The molecule has 0 spiro atoms. The fraction of sp³-hybridized carbons (Fsp3) is 0.467. The summed E-state index contributed by atoms with van der Waals surface area (Å²) in [6.07, 6.45) is 1.75. The Bertz CT molecular complexity index is 635. The fourth-order valence-electron chi connectivity index (χ4n) is 2.53. The summed E-state index contributed by atoms with van der Waals surface area (Å²) in [5.41, 5.74) is 1.24. The lowest BCUT2D eigenvalue weighted by atomic mass is 10.1. The van der Waals surface area contributed by atoms with Gasteiger partial charge in [0.05, 0.1) is 0 Å². The summed E-state index contributed by atoms with van der Waals surface area (Å²) in [5.74, 6) is -0.302. The number of hydrogen-bond donors (Lipinski definition) is 0. The smallest absolute Gasteiger partial charge is 0.326 e. The van der Waals surface area contributed by atoms with E-state index in [-0.39, 0.29) is 12.1 Å². The highest BCUT2D eigenvalue weighted by molar-refractivity contribution is 9.09. The number of likely N-dealkylation sites (tertiary alicyclic amines) is 1. The second kappa shape index (κ2) is 6.15. The van der Waals surface area contributed by atoms with Crippen molar-refractivity contribution in [3.8, 4) is 0 Å². The van der Waals surface area contributed by atoms with Crippen LogP contribution in [0.5, 0.6) is 0 Å². The number of nitrogens with zero attached hydrogens (tertiary/aromatic N) is 2. The number of esters is 1. The van der Waals surface area contributed by atoms with Crippen LogP contribution in [0.3, 0.4) is 0 Å². The number of hydrogen-bond acceptors (Lipinski definition) is 5. The number of halogens is 1. The van der Waals surface area contributed by atoms with Crippen LogP contribution in [0.25, 0.3) is 11.0 Å². The molecule has 0 radical (unpaired) electrons. The predicted octanol–water partition coefficient (Wildman–Crippen LogP) is 2.90. The monoisotopic (exact) mass is 352 g/mol. The number of alkyl halides is 1. The van der Waals surface area contributed by atoms with Crippen LogP contribution in [0.15, 0.2) is 28.8 Å². The average Bonchev–Trinajstić information content (AvgIpc) is 2.92. The lowest BCUT2D eigenvalue weighted by Crippen LogP contribution is -2.35. The summed E-state index contributed by atoms with van der Waals surface area (Å²) < 4.78 is 10.8. The van der Waals surface area contributed by atoms with Crippen LogP contribution in [0.1, 0.15) is 23.4 Å². The number of carbonyl (C=O) groups is 1. The lowest BCUT2D eigenvalue weighted by Gasteiger charge is -2.29. The number of ether oxygens (including phenoxy) is 1. The molecule has 1 aromatic carbocycles. The summed E-state index contributed by atoms with van der Waals surface area (Å²) in [6.45, 7) is 1.91. The van der Waals surface area contributed by atoms with Crippen molar-refractivity contribution in [1.29, 1.82) is 0 Å². The molecule has 21 heavy (non-hydrogen) atoms. The van der Waals surface area contributed by atoms with Crippen LogP contribution in [0, 0.1) is 0 Å². The third-order valence-electron chi connectivity index (χ3n) is 3.80. The molecule has 1 atom stereocenters. The van der Waals surface area contributed by atoms with Crippen LogP contribution in [-0.4, -0.2) is 42.3 Å². The number of piperidine rings is 1. The molecule has 2 aromatic rings. The maximum atomic E-state index is 12.3. The summed E-state index contributed by atoms with van der Waals surface area (Å²) in [6, 6.07) is 7.48. The first kappa shape index (κ1) is 14.5. The zero-order valence-electron chi connectivity index (χ0n) is 11.8. The topological polar surface area (TPSA) is 55.6 Å². The maximum Gasteiger partial charge on any atom is 0.326 e. The molecule has 1 aliphatic heterocycles. The Morgan fingerprint density at radius 3 is 2.90 bits per heavy atom. The molecular formula is C15H17BrN2O3. The van der Waals surface area contributed by atoms with Crippen molar-refractivity contribution >= 4 is 32.9 Å². The largest absolute Gasteiger partial charge is 0.461 e. The summed E-state index contributed by atoms with van der Waals surface area (Å²) in [4.78, 5) is 13.9. The van der Waals surface area contributed by atoms with Gasteiger partial charge in [-0.15, -0.1) is 0 Å². The van der Waals surface area contributed by atoms with Gasteiger partial charge >= 0.3 is 5.97 Å². The number of aromatic nitrogens is 1. The molecule has 1 fully saturated rings. The van der Waals surface area contributed by atoms with Gasteiger partial charge in [0.2, 0.25) is 0 Å². The summed E-state index contributed by atoms with van der Waals surface area (Å²) >= 11 is 3.38. The van der Waals surface area contributed by atoms with Gasteiger partial charge in [-0.05, 0) is 32.0 Å². The highest BCUT2D eigenvalue weighted by atomic mass is 79.9. The van der Waals surface area contributed by atoms with Gasteiger partial charge in [-0.2, -0.15) is 0 Å². The lowest BCUT2D eigenvalue weighted by molar-refractivity contribution is -0.150. The van der Waals surface area contributed by atoms with E-state index in [9.17, 15) is 4.79 Å². The Balaban J connectivity index is 1.69. The van der Waals surface area contributed by atoms with Crippen molar-refractivity contribution in [2.75, 3.05) is 20.1 Å². The number of para-hydroxylation sites is 1. The Morgan fingerprint density at radius 2 is 2.14 bits per heavy atom. The van der Waals surface area contributed by atoms with E-state index in [1.54, 1.807) is 0 Å². The van der Waals surface area contributed by atoms with Gasteiger partial charge in [-0.25, -0.2) is 0 Å². The minimum Gasteiger partial charge on any atom is -0.461 e. The van der Waals surface area contributed by atoms with Crippen molar-refractivity contribution in [2.24, 2.45) is 0 Å². The highest BCUT2D eigenvalue weighted by Gasteiger charge is 2.28. The molecule has 1 aromatic heterocycles. The number of fused-ring (bicyclic) bond motifs is 1. The SMILES string of the molecule is CN1CCC(OC(=O)C(Br)c2noc3ccccc23)CC1. The summed E-state index contributed by atoms with van der Waals surface area (Å²) in [7, 11) is 2.08. The predicted molar refractivity (Wildman–Crippen MR) is 82.3 cm³/mol. The van der Waals surface area contributed by atoms with E-state index in [0.717, 1.165) is 31.3 Å². The van der Waals surface area contributed by atoms with Crippen LogP contribution in [-0.2, 0) is 9.53 Å². The molecule has 2 heterocycles. The van der Waals surface area contributed by atoms with Crippen molar-refractivity contribution in [2.45, 2.75) is 23.8 Å². The minimum absolute atomic E-state index is 0.00749. The van der Waals surface area contributed by atoms with Gasteiger partial charge in [-0.3, -0.25) is 4.79 Å². The number of rotatable bonds is 3. The molecule has 0 saturated carbocycles. The molecule has 0 aliphatic carbocycles. The molecule has 3 rings (SSSR count). The van der Waals surface area contributed by atoms with Crippen LogP contribution >= 0.6 is 15.9 Å². The van der Waals surface area contributed by atoms with Gasteiger partial charge in [0.1, 0.15) is 11.8 Å². The average molecular weight is 353 g/mol. The van der Waals surface area contributed by atoms with E-state index >= 15 is 0 Å². The zero-order valence-corrected chi connectivity index (χ0v) is 13.4. The van der Waals surface area contributed by atoms with E-state index in [1.165, 1.54) is 0 Å². The van der Waals surface area contributed by atoms with Crippen molar-refractivity contribution < 1.29 is 14.1 Å². The molecule has 1 unspecified atom stereocenters. The Hall–Kier alpha value is -1.40. The first-order valence-electron chi connectivity index (χ1n) is 7.02. The molecule has 112 valence electrons. The highest BCUT2D eigenvalue weighted by Crippen LogP contribution is 2.31. The second-order valence-corrected chi connectivity index (χ2v) is 6.28. The second-order valence-electron chi connectivity index (χ2n) is 5.37. The Labute approximate surface area is 131 Å². The first-order valence-corrected chi connectivity index (χ1v) is 7.94. The molecule has 1 aliphatic rings. The molecule has 5 nitrogen and oxygen atoms in total. The number of carbonyl (C=O) groups excluding carboxylic acids is 1. The number of benzene rings is 1. The third kappa shape index (κ3) is 3.11. The van der Waals surface area contributed by atoms with Crippen molar-refractivity contribution in [3.63, 3.8) is 0 Å². The minimum atomic E-state index is -0.596. The molecule has 0 bridgehead atoms. The molecule has 6 heteroatoms. The first-order chi connectivity index (χ1) is 10.1. The molecule has 0 N–H and O–H groups in total. The normalized spacial score (nSPS) is 18.8. The quantitative estimate of drug-likeness (QED) is 0.627. The van der Waals surface area contributed by atoms with E-state index in [0.29, 0.717) is 11.3 Å². The van der Waals surface area contributed by atoms with Gasteiger partial charge in [0.25, 0.3) is 0 Å². The van der Waals surface area contributed by atoms with Gasteiger partial charge in [-0.1, -0.05) is 33.2 Å². The van der Waals surface area contributed by atoms with Crippen LogP contribution < -0.4 is 0 Å². The summed E-state index contributed by atoms with van der Waals surface area (Å²) in [5, 5.41) is 4.82. The van der Waals surface area contributed by atoms with Crippen molar-refractivity contribution in [1.82, 2.24) is 10.1 Å². The Kier molecular flexibility index (Phi) is 4.26. The van der Waals surface area contributed by atoms with Crippen molar-refractivity contribution in [3.05, 3.63) is 30.0 Å².